The van der Waals surface area contributed by atoms with Crippen LogP contribution in [0.1, 0.15) is 29.3 Å². The number of carbonyl (C=O) groups is 1. The van der Waals surface area contributed by atoms with Gasteiger partial charge in [-0.3, -0.25) is 4.79 Å². The number of hydrogen-bond acceptors (Lipinski definition) is 2. The molecule has 0 radical (unpaired) electrons. The molecule has 0 heterocycles. The zero-order valence-electron chi connectivity index (χ0n) is 8.75. The molecule has 0 spiro atoms. The molecule has 78 valence electrons. The largest absolute Gasteiger partial charge is 0.293 e. The number of hydrogen-bond donors (Lipinski definition) is 0. The topological polar surface area (TPSA) is 40.9 Å². The summed E-state index contributed by atoms with van der Waals surface area (Å²) in [6.07, 6.45) is 0.551. The minimum atomic E-state index is -0.539. The highest BCUT2D eigenvalue weighted by Crippen LogP contribution is 2.22. The van der Waals surface area contributed by atoms with Gasteiger partial charge in [0, 0.05) is 10.0 Å². The molecule has 0 saturated carbocycles. The van der Waals surface area contributed by atoms with Crippen LogP contribution in [0.3, 0.4) is 0 Å². The average molecular weight is 266 g/mol. The molecule has 1 atom stereocenters. The van der Waals surface area contributed by atoms with Crippen molar-refractivity contribution in [3.63, 3.8) is 0 Å². The van der Waals surface area contributed by atoms with Crippen molar-refractivity contribution < 1.29 is 4.79 Å². The number of benzene rings is 1. The van der Waals surface area contributed by atoms with E-state index in [-0.39, 0.29) is 5.78 Å². The predicted molar refractivity (Wildman–Crippen MR) is 62.6 cm³/mol. The summed E-state index contributed by atoms with van der Waals surface area (Å²) in [6, 6.07) is 7.60. The number of nitriles is 1. The average Bonchev–Trinajstić information content (AvgIpc) is 2.23. The Morgan fingerprint density at radius 1 is 1.60 bits per heavy atom. The first-order valence-electron chi connectivity index (χ1n) is 4.80. The minimum absolute atomic E-state index is 0.101. The highest BCUT2D eigenvalue weighted by Gasteiger charge is 2.19. The van der Waals surface area contributed by atoms with Gasteiger partial charge in [-0.15, -0.1) is 0 Å². The lowest BCUT2D eigenvalue weighted by Gasteiger charge is -2.07. The first kappa shape index (κ1) is 11.9. The van der Waals surface area contributed by atoms with Gasteiger partial charge in [0.25, 0.3) is 0 Å². The summed E-state index contributed by atoms with van der Waals surface area (Å²) in [5, 5.41) is 8.83. The number of carbonyl (C=O) groups excluding carboxylic acids is 1. The second-order valence-corrected chi connectivity index (χ2v) is 4.29. The Morgan fingerprint density at radius 2 is 2.27 bits per heavy atom. The first-order chi connectivity index (χ1) is 7.10. The van der Waals surface area contributed by atoms with Gasteiger partial charge in [0.05, 0.1) is 6.07 Å². The second-order valence-electron chi connectivity index (χ2n) is 3.44. The van der Waals surface area contributed by atoms with Gasteiger partial charge in [-0.25, -0.2) is 0 Å². The minimum Gasteiger partial charge on any atom is -0.293 e. The fourth-order valence-corrected chi connectivity index (χ4v) is 1.79. The summed E-state index contributed by atoms with van der Waals surface area (Å²) >= 11 is 3.33. The quantitative estimate of drug-likeness (QED) is 0.786. The summed E-state index contributed by atoms with van der Waals surface area (Å²) in [5.41, 5.74) is 1.62. The van der Waals surface area contributed by atoms with Crippen LogP contribution in [0.2, 0.25) is 0 Å². The van der Waals surface area contributed by atoms with Crippen molar-refractivity contribution >= 4 is 21.7 Å². The summed E-state index contributed by atoms with van der Waals surface area (Å²) in [5.74, 6) is -0.640. The van der Waals surface area contributed by atoms with E-state index in [2.05, 4.69) is 15.9 Å². The summed E-state index contributed by atoms with van der Waals surface area (Å²) < 4.78 is 0.756. The Balaban J connectivity index is 3.11. The molecule has 0 aliphatic heterocycles. The van der Waals surface area contributed by atoms with Crippen LogP contribution in [0.5, 0.6) is 0 Å². The Bertz CT molecular complexity index is 420. The van der Waals surface area contributed by atoms with E-state index in [1.54, 1.807) is 0 Å². The van der Waals surface area contributed by atoms with E-state index in [1.165, 1.54) is 0 Å². The Labute approximate surface area is 98.0 Å². The van der Waals surface area contributed by atoms with E-state index in [0.29, 0.717) is 12.0 Å². The van der Waals surface area contributed by atoms with E-state index in [0.717, 1.165) is 10.0 Å². The maximum atomic E-state index is 11.9. The molecule has 2 nitrogen and oxygen atoms in total. The molecule has 1 rings (SSSR count). The number of rotatable bonds is 3. The molecular weight excluding hydrogens is 254 g/mol. The standard InChI is InChI=1S/C12H12BrNO/c1-3-9(7-14)12(15)10-6-8(2)4-5-11(10)13/h4-6,9H,3H2,1-2H3. The van der Waals surface area contributed by atoms with Crippen LogP contribution >= 0.6 is 15.9 Å². The highest BCUT2D eigenvalue weighted by molar-refractivity contribution is 9.10. The Kier molecular flexibility index (Phi) is 4.05. The fraction of sp³-hybridized carbons (Fsp3) is 0.333. The summed E-state index contributed by atoms with van der Waals surface area (Å²) in [4.78, 5) is 11.9. The third kappa shape index (κ3) is 2.66. The van der Waals surface area contributed by atoms with E-state index in [1.807, 2.05) is 38.1 Å². The van der Waals surface area contributed by atoms with Crippen LogP contribution in [0.4, 0.5) is 0 Å². The molecule has 0 aliphatic rings. The van der Waals surface area contributed by atoms with Crippen molar-refractivity contribution in [2.75, 3.05) is 0 Å². The van der Waals surface area contributed by atoms with Crippen molar-refractivity contribution in [1.82, 2.24) is 0 Å². The van der Waals surface area contributed by atoms with Crippen LogP contribution < -0.4 is 0 Å². The van der Waals surface area contributed by atoms with E-state index >= 15 is 0 Å². The van der Waals surface area contributed by atoms with E-state index in [4.69, 9.17) is 5.26 Å². The maximum Gasteiger partial charge on any atom is 0.181 e. The number of aryl methyl sites for hydroxylation is 1. The van der Waals surface area contributed by atoms with Crippen LogP contribution in [0.15, 0.2) is 22.7 Å². The Morgan fingerprint density at radius 3 is 2.80 bits per heavy atom. The van der Waals surface area contributed by atoms with Crippen molar-refractivity contribution in [2.45, 2.75) is 20.3 Å². The van der Waals surface area contributed by atoms with Crippen LogP contribution in [0.25, 0.3) is 0 Å². The lowest BCUT2D eigenvalue weighted by Crippen LogP contribution is -2.12. The maximum absolute atomic E-state index is 11.9. The molecule has 1 unspecified atom stereocenters. The molecule has 0 fully saturated rings. The zero-order valence-corrected chi connectivity index (χ0v) is 10.3. The number of halogens is 1. The van der Waals surface area contributed by atoms with Gasteiger partial charge in [0.15, 0.2) is 5.78 Å². The van der Waals surface area contributed by atoms with Gasteiger partial charge in [0.1, 0.15) is 5.92 Å². The predicted octanol–water partition coefficient (Wildman–Crippen LogP) is 3.49. The lowest BCUT2D eigenvalue weighted by molar-refractivity contribution is 0.0946. The molecule has 0 amide bonds. The van der Waals surface area contributed by atoms with Crippen molar-refractivity contribution in [1.29, 1.82) is 5.26 Å². The van der Waals surface area contributed by atoms with Gasteiger partial charge in [-0.1, -0.05) is 34.5 Å². The third-order valence-electron chi connectivity index (χ3n) is 2.27. The molecule has 3 heteroatoms. The molecule has 0 aromatic heterocycles. The molecule has 1 aromatic carbocycles. The molecule has 0 bridgehead atoms. The molecule has 0 saturated heterocycles. The first-order valence-corrected chi connectivity index (χ1v) is 5.59. The van der Waals surface area contributed by atoms with Gasteiger partial charge in [0.2, 0.25) is 0 Å². The monoisotopic (exact) mass is 265 g/mol. The lowest BCUT2D eigenvalue weighted by atomic mass is 9.96. The van der Waals surface area contributed by atoms with Crippen LogP contribution in [0, 0.1) is 24.2 Å². The van der Waals surface area contributed by atoms with E-state index in [9.17, 15) is 4.79 Å². The smallest absolute Gasteiger partial charge is 0.181 e. The van der Waals surface area contributed by atoms with Gasteiger partial charge >= 0.3 is 0 Å². The second kappa shape index (κ2) is 5.09. The van der Waals surface area contributed by atoms with Crippen molar-refractivity contribution in [3.8, 4) is 6.07 Å². The van der Waals surface area contributed by atoms with Crippen molar-refractivity contribution in [2.24, 2.45) is 5.92 Å². The van der Waals surface area contributed by atoms with Crippen LogP contribution in [-0.2, 0) is 0 Å². The van der Waals surface area contributed by atoms with Crippen molar-refractivity contribution in [3.05, 3.63) is 33.8 Å². The molecule has 0 N–H and O–H groups in total. The molecular formula is C12H12BrNO. The Hall–Kier alpha value is -1.14. The van der Waals surface area contributed by atoms with Gasteiger partial charge < -0.3 is 0 Å². The number of ketones is 1. The molecule has 1 aromatic rings. The third-order valence-corrected chi connectivity index (χ3v) is 2.96. The summed E-state index contributed by atoms with van der Waals surface area (Å²) in [7, 11) is 0. The fourth-order valence-electron chi connectivity index (χ4n) is 1.35. The van der Waals surface area contributed by atoms with E-state index < -0.39 is 5.92 Å². The highest BCUT2D eigenvalue weighted by atomic mass is 79.9. The SMILES string of the molecule is CCC(C#N)C(=O)c1cc(C)ccc1Br. The molecule has 0 aliphatic carbocycles. The normalized spacial score (nSPS) is 11.9. The van der Waals surface area contributed by atoms with Crippen LogP contribution in [-0.4, -0.2) is 5.78 Å². The molecule has 15 heavy (non-hydrogen) atoms. The zero-order chi connectivity index (χ0) is 11.4. The summed E-state index contributed by atoms with van der Waals surface area (Å²) in [6.45, 7) is 3.77. The number of Topliss-reactive ketones (excluding diaryl/α,β-unsaturated/α-hetero) is 1. The number of nitrogens with zero attached hydrogens (tertiary/aromatic N) is 1. The van der Waals surface area contributed by atoms with Gasteiger partial charge in [-0.2, -0.15) is 5.26 Å². The van der Waals surface area contributed by atoms with Gasteiger partial charge in [-0.05, 0) is 25.5 Å².